The van der Waals surface area contributed by atoms with Crippen LogP contribution in [0.2, 0.25) is 0 Å². The van der Waals surface area contributed by atoms with E-state index in [1.54, 1.807) is 14.1 Å². The average molecular weight is 175 g/mol. The van der Waals surface area contributed by atoms with Crippen molar-refractivity contribution in [1.82, 2.24) is 4.90 Å². The van der Waals surface area contributed by atoms with Crippen molar-refractivity contribution in [2.45, 2.75) is 13.0 Å². The number of amides is 1. The molecule has 5 nitrogen and oxygen atoms in total. The number of hydrogen-bond acceptors (Lipinski definition) is 3. The van der Waals surface area contributed by atoms with Crippen LogP contribution in [0.25, 0.3) is 0 Å². The number of carbonyl (C=O) groups is 2. The zero-order chi connectivity index (χ0) is 9.72. The van der Waals surface area contributed by atoms with Crippen molar-refractivity contribution in [3.8, 4) is 0 Å². The highest BCUT2D eigenvalue weighted by Gasteiger charge is 2.13. The van der Waals surface area contributed by atoms with Gasteiger partial charge in [-0.05, 0) is 6.92 Å². The molecule has 1 N–H and O–H groups in total. The first-order valence-corrected chi connectivity index (χ1v) is 3.49. The Morgan fingerprint density at radius 2 is 2.00 bits per heavy atom. The van der Waals surface area contributed by atoms with Crippen LogP contribution in [0.15, 0.2) is 0 Å². The molecule has 0 bridgehead atoms. The zero-order valence-corrected chi connectivity index (χ0v) is 7.40. The summed E-state index contributed by atoms with van der Waals surface area (Å²) in [5.74, 6) is -1.32. The van der Waals surface area contributed by atoms with E-state index >= 15 is 0 Å². The maximum absolute atomic E-state index is 10.9. The molecule has 0 radical (unpaired) electrons. The summed E-state index contributed by atoms with van der Waals surface area (Å²) in [4.78, 5) is 22.5. The molecule has 0 aromatic rings. The standard InChI is InChI=1S/C7H13NO4/c1-5(7(10)11)12-4-6(9)8(2)3/h5H,4H2,1-3H3,(H,10,11)/t5-/m1/s1. The Morgan fingerprint density at radius 3 is 2.33 bits per heavy atom. The van der Waals surface area contributed by atoms with E-state index in [9.17, 15) is 9.59 Å². The van der Waals surface area contributed by atoms with E-state index in [-0.39, 0.29) is 12.5 Å². The minimum absolute atomic E-state index is 0.194. The van der Waals surface area contributed by atoms with Gasteiger partial charge in [-0.15, -0.1) is 0 Å². The van der Waals surface area contributed by atoms with Gasteiger partial charge in [0.1, 0.15) is 6.61 Å². The SMILES string of the molecule is C[C@@H](OCC(=O)N(C)C)C(=O)O. The average Bonchev–Trinajstić information content (AvgIpc) is 1.98. The molecule has 0 heterocycles. The van der Waals surface area contributed by atoms with Crippen LogP contribution in [-0.4, -0.2) is 48.7 Å². The number of likely N-dealkylation sites (N-methyl/N-ethyl adjacent to an activating group) is 1. The lowest BCUT2D eigenvalue weighted by molar-refractivity contribution is -0.152. The fourth-order valence-electron chi connectivity index (χ4n) is 0.397. The Balaban J connectivity index is 3.69. The first kappa shape index (κ1) is 10.9. The molecule has 5 heteroatoms. The minimum atomic E-state index is -1.07. The largest absolute Gasteiger partial charge is 0.479 e. The predicted octanol–water partition coefficient (Wildman–Crippen LogP) is -0.436. The summed E-state index contributed by atoms with van der Waals surface area (Å²) in [5, 5.41) is 8.38. The van der Waals surface area contributed by atoms with Gasteiger partial charge in [0.15, 0.2) is 6.10 Å². The normalized spacial score (nSPS) is 12.2. The molecule has 0 saturated heterocycles. The second-order valence-corrected chi connectivity index (χ2v) is 2.58. The number of carbonyl (C=O) groups excluding carboxylic acids is 1. The summed E-state index contributed by atoms with van der Waals surface area (Å²) in [6.45, 7) is 1.19. The molecule has 1 atom stereocenters. The van der Waals surface area contributed by atoms with Gasteiger partial charge in [-0.25, -0.2) is 4.79 Å². The number of carboxylic acids is 1. The molecule has 0 aliphatic carbocycles. The Labute approximate surface area is 70.9 Å². The third-order valence-corrected chi connectivity index (χ3v) is 1.30. The van der Waals surface area contributed by atoms with Crippen molar-refractivity contribution >= 4 is 11.9 Å². The van der Waals surface area contributed by atoms with Crippen LogP contribution in [0.1, 0.15) is 6.92 Å². The lowest BCUT2D eigenvalue weighted by atomic mass is 10.4. The molecule has 0 aliphatic rings. The van der Waals surface area contributed by atoms with Gasteiger partial charge in [0, 0.05) is 14.1 Å². The molecule has 0 spiro atoms. The maximum atomic E-state index is 10.9. The van der Waals surface area contributed by atoms with Crippen molar-refractivity contribution in [2.24, 2.45) is 0 Å². The summed E-state index contributed by atoms with van der Waals surface area (Å²) in [5.41, 5.74) is 0. The Kier molecular flexibility index (Phi) is 4.28. The highest BCUT2D eigenvalue weighted by Crippen LogP contribution is 1.91. The van der Waals surface area contributed by atoms with Gasteiger partial charge in [-0.2, -0.15) is 0 Å². The fraction of sp³-hybridized carbons (Fsp3) is 0.714. The highest BCUT2D eigenvalue weighted by molar-refractivity contribution is 5.77. The van der Waals surface area contributed by atoms with Crippen molar-refractivity contribution < 1.29 is 19.4 Å². The van der Waals surface area contributed by atoms with Crippen LogP contribution in [0.5, 0.6) is 0 Å². The smallest absolute Gasteiger partial charge is 0.332 e. The first-order chi connectivity index (χ1) is 5.45. The number of nitrogens with zero attached hydrogens (tertiary/aromatic N) is 1. The molecular weight excluding hydrogens is 162 g/mol. The molecule has 0 aliphatic heterocycles. The summed E-state index contributed by atoms with van der Waals surface area (Å²) in [7, 11) is 3.16. The number of aliphatic carboxylic acids is 1. The summed E-state index contributed by atoms with van der Waals surface area (Å²) >= 11 is 0. The maximum Gasteiger partial charge on any atom is 0.332 e. The number of ether oxygens (including phenoxy) is 1. The molecular formula is C7H13NO4. The van der Waals surface area contributed by atoms with Crippen LogP contribution in [0.3, 0.4) is 0 Å². The van der Waals surface area contributed by atoms with Crippen LogP contribution < -0.4 is 0 Å². The summed E-state index contributed by atoms with van der Waals surface area (Å²) < 4.78 is 4.74. The van der Waals surface area contributed by atoms with E-state index in [1.165, 1.54) is 11.8 Å². The first-order valence-electron chi connectivity index (χ1n) is 3.49. The number of carboxylic acid groups (broad SMARTS) is 1. The van der Waals surface area contributed by atoms with Gasteiger partial charge in [-0.3, -0.25) is 4.79 Å². The van der Waals surface area contributed by atoms with E-state index in [4.69, 9.17) is 9.84 Å². The van der Waals surface area contributed by atoms with E-state index in [1.807, 2.05) is 0 Å². The molecule has 0 rings (SSSR count). The third kappa shape index (κ3) is 3.92. The Bertz CT molecular complexity index is 178. The number of rotatable bonds is 4. The molecule has 12 heavy (non-hydrogen) atoms. The van der Waals surface area contributed by atoms with E-state index in [0.717, 1.165) is 0 Å². The van der Waals surface area contributed by atoms with Crippen LogP contribution in [0, 0.1) is 0 Å². The van der Waals surface area contributed by atoms with E-state index < -0.39 is 12.1 Å². The zero-order valence-electron chi connectivity index (χ0n) is 7.40. The van der Waals surface area contributed by atoms with Gasteiger partial charge in [0.05, 0.1) is 0 Å². The fourth-order valence-corrected chi connectivity index (χ4v) is 0.397. The van der Waals surface area contributed by atoms with Crippen molar-refractivity contribution in [1.29, 1.82) is 0 Å². The molecule has 1 amide bonds. The molecule has 0 aromatic carbocycles. The summed E-state index contributed by atoms with van der Waals surface area (Å²) in [6.07, 6.45) is -0.936. The lowest BCUT2D eigenvalue weighted by Gasteiger charge is -2.12. The lowest BCUT2D eigenvalue weighted by Crippen LogP contribution is -2.30. The number of hydrogen-bond donors (Lipinski definition) is 1. The van der Waals surface area contributed by atoms with Gasteiger partial charge < -0.3 is 14.7 Å². The summed E-state index contributed by atoms with van der Waals surface area (Å²) in [6, 6.07) is 0. The van der Waals surface area contributed by atoms with Crippen LogP contribution >= 0.6 is 0 Å². The van der Waals surface area contributed by atoms with Crippen LogP contribution in [-0.2, 0) is 14.3 Å². The Morgan fingerprint density at radius 1 is 1.50 bits per heavy atom. The van der Waals surface area contributed by atoms with Crippen molar-refractivity contribution in [3.05, 3.63) is 0 Å². The van der Waals surface area contributed by atoms with E-state index in [0.29, 0.717) is 0 Å². The van der Waals surface area contributed by atoms with Gasteiger partial charge >= 0.3 is 5.97 Å². The molecule has 0 unspecified atom stereocenters. The second-order valence-electron chi connectivity index (χ2n) is 2.58. The Hall–Kier alpha value is -1.10. The predicted molar refractivity (Wildman–Crippen MR) is 41.7 cm³/mol. The van der Waals surface area contributed by atoms with Gasteiger partial charge in [0.2, 0.25) is 5.91 Å². The van der Waals surface area contributed by atoms with Crippen LogP contribution in [0.4, 0.5) is 0 Å². The van der Waals surface area contributed by atoms with Crippen molar-refractivity contribution in [2.75, 3.05) is 20.7 Å². The molecule has 0 aromatic heterocycles. The molecule has 70 valence electrons. The highest BCUT2D eigenvalue weighted by atomic mass is 16.5. The second kappa shape index (κ2) is 4.71. The quantitative estimate of drug-likeness (QED) is 0.629. The minimum Gasteiger partial charge on any atom is -0.479 e. The molecule has 0 fully saturated rings. The van der Waals surface area contributed by atoms with Crippen molar-refractivity contribution in [3.63, 3.8) is 0 Å². The van der Waals surface area contributed by atoms with Gasteiger partial charge in [0.25, 0.3) is 0 Å². The van der Waals surface area contributed by atoms with E-state index in [2.05, 4.69) is 0 Å². The molecule has 0 saturated carbocycles. The monoisotopic (exact) mass is 175 g/mol. The third-order valence-electron chi connectivity index (χ3n) is 1.30. The topological polar surface area (TPSA) is 66.8 Å². The van der Waals surface area contributed by atoms with Gasteiger partial charge in [-0.1, -0.05) is 0 Å².